The van der Waals surface area contributed by atoms with Gasteiger partial charge in [0.1, 0.15) is 0 Å². The topological polar surface area (TPSA) is 12.0 Å². The summed E-state index contributed by atoms with van der Waals surface area (Å²) in [4.78, 5) is 0. The lowest BCUT2D eigenvalue weighted by Crippen LogP contribution is -2.27. The first-order valence-electron chi connectivity index (χ1n) is 5.40. The van der Waals surface area contributed by atoms with Crippen LogP contribution in [0.2, 0.25) is 0 Å². The van der Waals surface area contributed by atoms with E-state index in [-0.39, 0.29) is 0 Å². The van der Waals surface area contributed by atoms with E-state index < -0.39 is 0 Å². The zero-order valence-corrected chi connectivity index (χ0v) is 9.19. The first-order chi connectivity index (χ1) is 5.66. The van der Waals surface area contributed by atoms with Crippen LogP contribution in [0.3, 0.4) is 0 Å². The summed E-state index contributed by atoms with van der Waals surface area (Å²) in [7, 11) is 0. The first kappa shape index (κ1) is 12.0. The van der Waals surface area contributed by atoms with Crippen molar-refractivity contribution in [3.8, 4) is 0 Å². The third-order valence-electron chi connectivity index (χ3n) is 2.18. The van der Waals surface area contributed by atoms with Crippen molar-refractivity contribution in [3.63, 3.8) is 0 Å². The van der Waals surface area contributed by atoms with Gasteiger partial charge in [-0.15, -0.1) is 0 Å². The van der Waals surface area contributed by atoms with Crippen molar-refractivity contribution in [1.82, 2.24) is 5.32 Å². The molecule has 0 fully saturated rings. The molecule has 0 heterocycles. The van der Waals surface area contributed by atoms with Gasteiger partial charge in [0.05, 0.1) is 0 Å². The molecule has 0 saturated heterocycles. The molecule has 0 aliphatic heterocycles. The summed E-state index contributed by atoms with van der Waals surface area (Å²) in [5.41, 5.74) is 0. The van der Waals surface area contributed by atoms with Crippen molar-refractivity contribution in [2.45, 2.75) is 59.4 Å². The minimum Gasteiger partial charge on any atom is -0.314 e. The fraction of sp³-hybridized carbons (Fsp3) is 1.00. The highest BCUT2D eigenvalue weighted by atomic mass is 14.9. The molecule has 1 N–H and O–H groups in total. The zero-order chi connectivity index (χ0) is 9.40. The van der Waals surface area contributed by atoms with Crippen LogP contribution >= 0.6 is 0 Å². The Labute approximate surface area is 77.9 Å². The van der Waals surface area contributed by atoms with Crippen LogP contribution in [0.15, 0.2) is 0 Å². The van der Waals surface area contributed by atoms with Crippen molar-refractivity contribution in [2.24, 2.45) is 5.92 Å². The van der Waals surface area contributed by atoms with Gasteiger partial charge in [-0.05, 0) is 18.9 Å². The van der Waals surface area contributed by atoms with E-state index in [1.165, 1.54) is 32.2 Å². The molecular weight excluding hydrogens is 146 g/mol. The molecule has 0 aromatic rings. The third-order valence-corrected chi connectivity index (χ3v) is 2.18. The zero-order valence-electron chi connectivity index (χ0n) is 9.19. The summed E-state index contributed by atoms with van der Waals surface area (Å²) in [6, 6.07) is 0.638. The van der Waals surface area contributed by atoms with E-state index >= 15 is 0 Å². The van der Waals surface area contributed by atoms with Crippen molar-refractivity contribution in [3.05, 3.63) is 0 Å². The lowest BCUT2D eigenvalue weighted by molar-refractivity contribution is 0.436. The van der Waals surface area contributed by atoms with Gasteiger partial charge in [-0.25, -0.2) is 0 Å². The second kappa shape index (κ2) is 7.60. The number of rotatable bonds is 7. The monoisotopic (exact) mass is 171 g/mol. The van der Waals surface area contributed by atoms with Gasteiger partial charge in [-0.1, -0.05) is 47.0 Å². The van der Waals surface area contributed by atoms with Crippen LogP contribution in [0.25, 0.3) is 0 Å². The molecule has 0 bridgehead atoms. The van der Waals surface area contributed by atoms with Gasteiger partial charge in [-0.2, -0.15) is 0 Å². The summed E-state index contributed by atoms with van der Waals surface area (Å²) in [5.74, 6) is 0.846. The maximum Gasteiger partial charge on any atom is 0.00104 e. The summed E-state index contributed by atoms with van der Waals surface area (Å²) >= 11 is 0. The van der Waals surface area contributed by atoms with Crippen LogP contribution in [0, 0.1) is 5.92 Å². The van der Waals surface area contributed by atoms with Crippen LogP contribution in [-0.4, -0.2) is 12.6 Å². The number of unbranched alkanes of at least 4 members (excludes halogenated alkanes) is 2. The normalized spacial score (nSPS) is 13.8. The van der Waals surface area contributed by atoms with E-state index in [0.29, 0.717) is 6.04 Å². The molecule has 74 valence electrons. The van der Waals surface area contributed by atoms with Gasteiger partial charge in [0.15, 0.2) is 0 Å². The average Bonchev–Trinajstić information content (AvgIpc) is 2.01. The molecule has 0 saturated carbocycles. The molecule has 12 heavy (non-hydrogen) atoms. The Hall–Kier alpha value is -0.0400. The quantitative estimate of drug-likeness (QED) is 0.580. The summed E-state index contributed by atoms with van der Waals surface area (Å²) < 4.78 is 0. The van der Waals surface area contributed by atoms with Gasteiger partial charge in [0.25, 0.3) is 0 Å². The second-order valence-corrected chi connectivity index (χ2v) is 4.16. The van der Waals surface area contributed by atoms with Crippen LogP contribution in [0.1, 0.15) is 53.4 Å². The summed E-state index contributed by atoms with van der Waals surface area (Å²) in [6.07, 6.45) is 5.52. The highest BCUT2D eigenvalue weighted by molar-refractivity contribution is 4.59. The van der Waals surface area contributed by atoms with Gasteiger partial charge >= 0.3 is 0 Å². The molecule has 0 aliphatic rings. The van der Waals surface area contributed by atoms with Crippen molar-refractivity contribution >= 4 is 0 Å². The van der Waals surface area contributed by atoms with Crippen molar-refractivity contribution in [2.75, 3.05) is 6.54 Å². The van der Waals surface area contributed by atoms with Gasteiger partial charge in [0, 0.05) is 6.04 Å². The Balaban J connectivity index is 3.15. The third kappa shape index (κ3) is 8.06. The molecule has 1 unspecified atom stereocenters. The van der Waals surface area contributed by atoms with Crippen LogP contribution in [0.5, 0.6) is 0 Å². The lowest BCUT2D eigenvalue weighted by Gasteiger charge is -2.14. The van der Waals surface area contributed by atoms with E-state index in [4.69, 9.17) is 0 Å². The minimum absolute atomic E-state index is 0.638. The van der Waals surface area contributed by atoms with Gasteiger partial charge < -0.3 is 5.32 Å². The van der Waals surface area contributed by atoms with Crippen molar-refractivity contribution < 1.29 is 0 Å². The fourth-order valence-corrected chi connectivity index (χ4v) is 1.28. The molecule has 0 rings (SSSR count). The van der Waals surface area contributed by atoms with Gasteiger partial charge in [-0.3, -0.25) is 0 Å². The average molecular weight is 171 g/mol. The van der Waals surface area contributed by atoms with E-state index in [1.807, 2.05) is 0 Å². The molecule has 0 aliphatic carbocycles. The highest BCUT2D eigenvalue weighted by Gasteiger charge is 2.01. The summed E-state index contributed by atoms with van der Waals surface area (Å²) in [5, 5.41) is 3.47. The lowest BCUT2D eigenvalue weighted by atomic mass is 10.0. The maximum absolute atomic E-state index is 3.47. The predicted octanol–water partition coefficient (Wildman–Crippen LogP) is 3.20. The molecule has 0 spiro atoms. The van der Waals surface area contributed by atoms with Crippen molar-refractivity contribution in [1.29, 1.82) is 0 Å². The largest absolute Gasteiger partial charge is 0.314 e. The number of hydrogen-bond acceptors (Lipinski definition) is 1. The molecule has 0 radical (unpaired) electrons. The molecule has 1 heteroatoms. The Bertz CT molecular complexity index is 89.0. The second-order valence-electron chi connectivity index (χ2n) is 4.16. The first-order valence-corrected chi connectivity index (χ1v) is 5.40. The van der Waals surface area contributed by atoms with E-state index in [0.717, 1.165) is 5.92 Å². The highest BCUT2D eigenvalue weighted by Crippen LogP contribution is 2.08. The van der Waals surface area contributed by atoms with Gasteiger partial charge in [0.2, 0.25) is 0 Å². The predicted molar refractivity (Wildman–Crippen MR) is 56.4 cm³/mol. The minimum atomic E-state index is 0.638. The van der Waals surface area contributed by atoms with Crippen LogP contribution in [0.4, 0.5) is 0 Å². The molecule has 1 atom stereocenters. The maximum atomic E-state index is 3.47. The standard InChI is InChI=1S/C11H25N/c1-5-6-7-8-11(4)9-12-10(2)3/h10-12H,5-9H2,1-4H3. The van der Waals surface area contributed by atoms with Crippen LogP contribution in [-0.2, 0) is 0 Å². The Morgan fingerprint density at radius 2 is 1.75 bits per heavy atom. The molecule has 0 aromatic heterocycles. The fourth-order valence-electron chi connectivity index (χ4n) is 1.28. The SMILES string of the molecule is CCCCCC(C)CNC(C)C. The number of hydrogen-bond donors (Lipinski definition) is 1. The van der Waals surface area contributed by atoms with E-state index in [1.54, 1.807) is 0 Å². The van der Waals surface area contributed by atoms with Crippen LogP contribution < -0.4 is 5.32 Å². The molecule has 0 aromatic carbocycles. The molecule has 1 nitrogen and oxygen atoms in total. The summed E-state index contributed by atoms with van der Waals surface area (Å²) in [6.45, 7) is 10.2. The molecular formula is C11H25N. The number of nitrogens with one attached hydrogen (secondary N) is 1. The molecule has 0 amide bonds. The Morgan fingerprint density at radius 1 is 1.08 bits per heavy atom. The van der Waals surface area contributed by atoms with E-state index in [9.17, 15) is 0 Å². The Morgan fingerprint density at radius 3 is 2.25 bits per heavy atom. The van der Waals surface area contributed by atoms with E-state index in [2.05, 4.69) is 33.0 Å². The smallest absolute Gasteiger partial charge is 0.00104 e. The Kier molecular flexibility index (Phi) is 7.58.